The number of fused-ring (bicyclic) bond motifs is 1. The highest BCUT2D eigenvalue weighted by Crippen LogP contribution is 2.17. The number of benzene rings is 1. The summed E-state index contributed by atoms with van der Waals surface area (Å²) in [5.41, 5.74) is 2.19. The summed E-state index contributed by atoms with van der Waals surface area (Å²) in [7, 11) is 0. The molecule has 11 heteroatoms. The molecule has 1 aliphatic heterocycles. The van der Waals surface area contributed by atoms with Crippen LogP contribution in [0.4, 0.5) is 0 Å². The number of hydrogen-bond acceptors (Lipinski definition) is 5. The normalized spacial score (nSPS) is 16.0. The van der Waals surface area contributed by atoms with Gasteiger partial charge < -0.3 is 15.6 Å². The lowest BCUT2D eigenvalue weighted by atomic mass is 10.00. The van der Waals surface area contributed by atoms with E-state index in [1.807, 2.05) is 18.2 Å². The summed E-state index contributed by atoms with van der Waals surface area (Å²) in [5.74, 6) is 1.24. The van der Waals surface area contributed by atoms with Crippen LogP contribution in [0.15, 0.2) is 24.4 Å². The smallest absolute Gasteiger partial charge is 0.273 e. The van der Waals surface area contributed by atoms with Crippen molar-refractivity contribution in [2.75, 3.05) is 19.6 Å². The molecule has 8 nitrogen and oxygen atoms in total. The van der Waals surface area contributed by atoms with Gasteiger partial charge in [0.15, 0.2) is 5.69 Å². The molecule has 2 aromatic heterocycles. The molecule has 164 valence electrons. The van der Waals surface area contributed by atoms with Crippen molar-refractivity contribution < 1.29 is 4.79 Å². The van der Waals surface area contributed by atoms with Gasteiger partial charge in [0.1, 0.15) is 5.82 Å². The van der Waals surface area contributed by atoms with Gasteiger partial charge in [0, 0.05) is 24.5 Å². The fourth-order valence-electron chi connectivity index (χ4n) is 3.54. The third-order valence-electron chi connectivity index (χ3n) is 4.98. The molecular formula is C19H26Cl3N7O. The Morgan fingerprint density at radius 2 is 2.20 bits per heavy atom. The molecule has 0 radical (unpaired) electrons. The van der Waals surface area contributed by atoms with Crippen molar-refractivity contribution in [1.29, 1.82) is 0 Å². The van der Waals surface area contributed by atoms with Crippen LogP contribution in [0.3, 0.4) is 0 Å². The van der Waals surface area contributed by atoms with E-state index in [0.717, 1.165) is 49.3 Å². The number of imidazole rings is 1. The summed E-state index contributed by atoms with van der Waals surface area (Å²) >= 11 is 5.99. The Kier molecular flexibility index (Phi) is 9.36. The quantitative estimate of drug-likeness (QED) is 0.457. The second-order valence-corrected chi connectivity index (χ2v) is 7.68. The second-order valence-electron chi connectivity index (χ2n) is 7.24. The summed E-state index contributed by atoms with van der Waals surface area (Å²) < 4.78 is 1.77. The molecule has 0 spiro atoms. The highest BCUT2D eigenvalue weighted by Gasteiger charge is 2.16. The molecule has 1 amide bonds. The monoisotopic (exact) mass is 473 g/mol. The van der Waals surface area contributed by atoms with Crippen molar-refractivity contribution in [1.82, 2.24) is 35.6 Å². The van der Waals surface area contributed by atoms with E-state index in [-0.39, 0.29) is 30.7 Å². The SMILES string of the molecule is Cl.Cl.O=C(NCCCc1nc2ccc(Cl)cc2[nH]1)c1cn(CC2CCCNC2)nn1. The van der Waals surface area contributed by atoms with Gasteiger partial charge in [-0.1, -0.05) is 16.8 Å². The summed E-state index contributed by atoms with van der Waals surface area (Å²) in [6, 6.07) is 5.58. The maximum Gasteiger partial charge on any atom is 0.273 e. The number of nitrogens with zero attached hydrogens (tertiary/aromatic N) is 4. The van der Waals surface area contributed by atoms with Crippen LogP contribution < -0.4 is 10.6 Å². The number of rotatable bonds is 7. The Hall–Kier alpha value is -1.87. The number of aromatic amines is 1. The van der Waals surface area contributed by atoms with Gasteiger partial charge in [0.25, 0.3) is 5.91 Å². The first-order valence-corrected chi connectivity index (χ1v) is 10.1. The van der Waals surface area contributed by atoms with Gasteiger partial charge in [0.05, 0.1) is 17.2 Å². The van der Waals surface area contributed by atoms with E-state index in [0.29, 0.717) is 23.2 Å². The first-order chi connectivity index (χ1) is 13.7. The minimum absolute atomic E-state index is 0. The maximum absolute atomic E-state index is 12.3. The molecular weight excluding hydrogens is 449 g/mol. The van der Waals surface area contributed by atoms with E-state index in [1.165, 1.54) is 12.8 Å². The lowest BCUT2D eigenvalue weighted by Crippen LogP contribution is -2.32. The number of aromatic nitrogens is 5. The van der Waals surface area contributed by atoms with Crippen LogP contribution in [0.2, 0.25) is 5.02 Å². The lowest BCUT2D eigenvalue weighted by Gasteiger charge is -2.22. The van der Waals surface area contributed by atoms with Crippen LogP contribution in [0, 0.1) is 5.92 Å². The minimum Gasteiger partial charge on any atom is -0.351 e. The molecule has 30 heavy (non-hydrogen) atoms. The van der Waals surface area contributed by atoms with Crippen LogP contribution in [0.25, 0.3) is 11.0 Å². The van der Waals surface area contributed by atoms with Gasteiger partial charge in [-0.2, -0.15) is 0 Å². The van der Waals surface area contributed by atoms with Gasteiger partial charge in [-0.25, -0.2) is 4.98 Å². The fourth-order valence-corrected chi connectivity index (χ4v) is 3.71. The van der Waals surface area contributed by atoms with Crippen LogP contribution in [-0.4, -0.2) is 50.5 Å². The predicted molar refractivity (Wildman–Crippen MR) is 122 cm³/mol. The number of halogens is 3. The average Bonchev–Trinajstić information content (AvgIpc) is 3.32. The van der Waals surface area contributed by atoms with Gasteiger partial charge in [-0.3, -0.25) is 9.48 Å². The van der Waals surface area contributed by atoms with E-state index < -0.39 is 0 Å². The second kappa shape index (κ2) is 11.5. The molecule has 0 saturated carbocycles. The number of amides is 1. The number of piperidine rings is 1. The molecule has 1 aromatic carbocycles. The topological polar surface area (TPSA) is 101 Å². The molecule has 0 bridgehead atoms. The number of carbonyl (C=O) groups is 1. The summed E-state index contributed by atoms with van der Waals surface area (Å²) in [4.78, 5) is 20.1. The molecule has 1 saturated heterocycles. The summed E-state index contributed by atoms with van der Waals surface area (Å²) in [6.07, 6.45) is 5.62. The van der Waals surface area contributed by atoms with E-state index in [4.69, 9.17) is 11.6 Å². The number of aryl methyl sites for hydroxylation is 1. The predicted octanol–water partition coefficient (Wildman–Crippen LogP) is 3.01. The summed E-state index contributed by atoms with van der Waals surface area (Å²) in [5, 5.41) is 15.1. The Labute approximate surface area is 192 Å². The van der Waals surface area contributed by atoms with Gasteiger partial charge >= 0.3 is 0 Å². The Bertz CT molecular complexity index is 953. The Morgan fingerprint density at radius 1 is 1.33 bits per heavy atom. The number of carbonyl (C=O) groups excluding carboxylic acids is 1. The third-order valence-corrected chi connectivity index (χ3v) is 5.22. The zero-order valence-corrected chi connectivity index (χ0v) is 18.8. The number of nitrogens with one attached hydrogen (secondary N) is 3. The Morgan fingerprint density at radius 3 is 3.00 bits per heavy atom. The van der Waals surface area contributed by atoms with Crippen LogP contribution >= 0.6 is 36.4 Å². The van der Waals surface area contributed by atoms with Crippen LogP contribution in [0.1, 0.15) is 35.6 Å². The molecule has 0 aliphatic carbocycles. The largest absolute Gasteiger partial charge is 0.351 e. The van der Waals surface area contributed by atoms with Crippen molar-refractivity contribution in [3.05, 3.63) is 40.9 Å². The van der Waals surface area contributed by atoms with Gasteiger partial charge in [-0.05, 0) is 56.5 Å². The molecule has 3 heterocycles. The van der Waals surface area contributed by atoms with E-state index in [9.17, 15) is 4.79 Å². The highest BCUT2D eigenvalue weighted by atomic mass is 35.5. The molecule has 1 atom stereocenters. The van der Waals surface area contributed by atoms with E-state index in [1.54, 1.807) is 10.9 Å². The first kappa shape index (κ1) is 24.4. The molecule has 3 aromatic rings. The van der Waals surface area contributed by atoms with Gasteiger partial charge in [-0.15, -0.1) is 29.9 Å². The maximum atomic E-state index is 12.3. The third kappa shape index (κ3) is 6.31. The number of H-pyrrole nitrogens is 1. The van der Waals surface area contributed by atoms with Crippen molar-refractivity contribution in [2.24, 2.45) is 5.92 Å². The average molecular weight is 475 g/mol. The van der Waals surface area contributed by atoms with Crippen LogP contribution in [0.5, 0.6) is 0 Å². The molecule has 1 aliphatic rings. The number of hydrogen-bond donors (Lipinski definition) is 3. The molecule has 4 rings (SSSR count). The van der Waals surface area contributed by atoms with E-state index >= 15 is 0 Å². The highest BCUT2D eigenvalue weighted by molar-refractivity contribution is 6.31. The Balaban J connectivity index is 0.00000160. The zero-order valence-electron chi connectivity index (χ0n) is 16.4. The molecule has 3 N–H and O–H groups in total. The minimum atomic E-state index is -0.190. The van der Waals surface area contributed by atoms with Gasteiger partial charge in [0.2, 0.25) is 0 Å². The zero-order chi connectivity index (χ0) is 19.3. The van der Waals surface area contributed by atoms with Crippen molar-refractivity contribution in [2.45, 2.75) is 32.2 Å². The van der Waals surface area contributed by atoms with Crippen molar-refractivity contribution in [3.8, 4) is 0 Å². The standard InChI is InChI=1S/C19H24ClN7O.2ClH/c20-14-5-6-15-16(9-14)24-18(23-15)4-2-8-22-19(28)17-12-27(26-25-17)11-13-3-1-7-21-10-13;;/h5-6,9,12-13,21H,1-4,7-8,10-11H2,(H,22,28)(H,23,24);2*1H. The molecule has 1 fully saturated rings. The summed E-state index contributed by atoms with van der Waals surface area (Å²) in [6.45, 7) is 3.43. The fraction of sp³-hybridized carbons (Fsp3) is 0.474. The lowest BCUT2D eigenvalue weighted by molar-refractivity contribution is 0.0948. The van der Waals surface area contributed by atoms with Crippen LogP contribution in [-0.2, 0) is 13.0 Å². The van der Waals surface area contributed by atoms with E-state index in [2.05, 4.69) is 30.9 Å². The molecule has 1 unspecified atom stereocenters. The first-order valence-electron chi connectivity index (χ1n) is 9.70. The van der Waals surface area contributed by atoms with Crippen molar-refractivity contribution >= 4 is 53.4 Å². The van der Waals surface area contributed by atoms with Crippen molar-refractivity contribution in [3.63, 3.8) is 0 Å².